The first-order chi connectivity index (χ1) is 6.07. The summed E-state index contributed by atoms with van der Waals surface area (Å²) in [4.78, 5) is 9.78. The smallest absolute Gasteiger partial charge is 0.134 e. The molecule has 5 heteroatoms. The molecule has 0 amide bonds. The minimum Gasteiger partial charge on any atom is -0.386 e. The lowest BCUT2D eigenvalue weighted by atomic mass is 9.97. The van der Waals surface area contributed by atoms with Gasteiger partial charge in [0.1, 0.15) is 17.3 Å². The molecule has 70 valence electrons. The van der Waals surface area contributed by atoms with Crippen LogP contribution in [-0.4, -0.2) is 33.8 Å². The highest BCUT2D eigenvalue weighted by atomic mass is 35.5. The quantitative estimate of drug-likeness (QED) is 0.677. The zero-order valence-electron chi connectivity index (χ0n) is 7.24. The van der Waals surface area contributed by atoms with Crippen molar-refractivity contribution in [3.05, 3.63) is 17.5 Å². The maximum absolute atomic E-state index is 9.50. The zero-order chi connectivity index (χ0) is 9.47. The van der Waals surface area contributed by atoms with Gasteiger partial charge in [-0.05, 0) is 6.92 Å². The van der Waals surface area contributed by atoms with Crippen LogP contribution in [0, 0.1) is 0 Å². The summed E-state index contributed by atoms with van der Waals surface area (Å²) in [6.45, 7) is 2.99. The number of halogens is 1. The number of aromatic nitrogens is 2. The summed E-state index contributed by atoms with van der Waals surface area (Å²) in [6, 6.07) is 1.69. The Morgan fingerprint density at radius 2 is 2.23 bits per heavy atom. The van der Waals surface area contributed by atoms with Gasteiger partial charge in [0.2, 0.25) is 0 Å². The van der Waals surface area contributed by atoms with Crippen LogP contribution in [0.3, 0.4) is 0 Å². The topological polar surface area (TPSA) is 49.2 Å². The number of β-amino-alcohol motifs (C(OH)–C–C–N with tert-alkyl or cyclic N) is 1. The first kappa shape index (κ1) is 8.72. The number of aliphatic hydroxyl groups is 1. The van der Waals surface area contributed by atoms with Gasteiger partial charge < -0.3 is 10.0 Å². The lowest BCUT2D eigenvalue weighted by molar-refractivity contribution is 0.0305. The van der Waals surface area contributed by atoms with Gasteiger partial charge in [0.15, 0.2) is 0 Å². The van der Waals surface area contributed by atoms with Gasteiger partial charge in [-0.3, -0.25) is 0 Å². The highest BCUT2D eigenvalue weighted by molar-refractivity contribution is 6.29. The van der Waals surface area contributed by atoms with Gasteiger partial charge >= 0.3 is 0 Å². The van der Waals surface area contributed by atoms with Crippen molar-refractivity contribution in [3.8, 4) is 0 Å². The fraction of sp³-hybridized carbons (Fsp3) is 0.500. The molecule has 1 aliphatic heterocycles. The van der Waals surface area contributed by atoms with Gasteiger partial charge in [-0.25, -0.2) is 9.97 Å². The Balaban J connectivity index is 2.11. The van der Waals surface area contributed by atoms with E-state index < -0.39 is 5.60 Å². The summed E-state index contributed by atoms with van der Waals surface area (Å²) in [7, 11) is 0. The van der Waals surface area contributed by atoms with Crippen LogP contribution < -0.4 is 4.90 Å². The number of rotatable bonds is 1. The SMILES string of the molecule is CC1(O)CN(c2cc(Cl)ncn2)C1. The molecule has 13 heavy (non-hydrogen) atoms. The molecule has 0 aliphatic carbocycles. The van der Waals surface area contributed by atoms with Crippen LogP contribution in [0.4, 0.5) is 5.82 Å². The molecule has 1 N–H and O–H groups in total. The summed E-state index contributed by atoms with van der Waals surface area (Å²) in [6.07, 6.45) is 1.42. The van der Waals surface area contributed by atoms with Crippen LogP contribution in [0.2, 0.25) is 5.15 Å². The predicted molar refractivity (Wildman–Crippen MR) is 49.9 cm³/mol. The van der Waals surface area contributed by atoms with Crippen LogP contribution in [-0.2, 0) is 0 Å². The molecule has 0 unspecified atom stereocenters. The monoisotopic (exact) mass is 199 g/mol. The first-order valence-electron chi connectivity index (χ1n) is 4.02. The number of anilines is 1. The second-order valence-corrected chi connectivity index (χ2v) is 3.94. The molecule has 0 saturated carbocycles. The van der Waals surface area contributed by atoms with Gasteiger partial charge in [-0.2, -0.15) is 0 Å². The summed E-state index contributed by atoms with van der Waals surface area (Å²) in [5.74, 6) is 0.770. The fourth-order valence-electron chi connectivity index (χ4n) is 1.44. The average molecular weight is 200 g/mol. The minimum absolute atomic E-state index is 0.427. The van der Waals surface area contributed by atoms with Gasteiger partial charge in [-0.15, -0.1) is 0 Å². The van der Waals surface area contributed by atoms with E-state index in [1.54, 1.807) is 13.0 Å². The summed E-state index contributed by atoms with van der Waals surface area (Å²) in [5, 5.41) is 9.92. The van der Waals surface area contributed by atoms with Crippen molar-refractivity contribution in [2.24, 2.45) is 0 Å². The second kappa shape index (κ2) is 2.82. The third-order valence-electron chi connectivity index (χ3n) is 2.01. The fourth-order valence-corrected chi connectivity index (χ4v) is 1.58. The van der Waals surface area contributed by atoms with E-state index >= 15 is 0 Å². The van der Waals surface area contributed by atoms with Crippen molar-refractivity contribution in [2.45, 2.75) is 12.5 Å². The Hall–Kier alpha value is -0.870. The van der Waals surface area contributed by atoms with E-state index in [1.807, 2.05) is 4.90 Å². The van der Waals surface area contributed by atoms with Crippen molar-refractivity contribution >= 4 is 17.4 Å². The highest BCUT2D eigenvalue weighted by Gasteiger charge is 2.37. The number of nitrogens with zero attached hydrogens (tertiary/aromatic N) is 3. The largest absolute Gasteiger partial charge is 0.386 e. The second-order valence-electron chi connectivity index (χ2n) is 3.55. The molecule has 1 aromatic heterocycles. The summed E-state index contributed by atoms with van der Waals surface area (Å²) in [5.41, 5.74) is -0.586. The minimum atomic E-state index is -0.586. The van der Waals surface area contributed by atoms with Gasteiger partial charge in [0.25, 0.3) is 0 Å². The molecular weight excluding hydrogens is 190 g/mol. The lowest BCUT2D eigenvalue weighted by Gasteiger charge is -2.44. The molecule has 0 atom stereocenters. The highest BCUT2D eigenvalue weighted by Crippen LogP contribution is 2.26. The van der Waals surface area contributed by atoms with E-state index in [9.17, 15) is 5.11 Å². The standard InChI is InChI=1S/C8H10ClN3O/c1-8(13)3-12(4-8)7-2-6(9)10-5-11-7/h2,5,13H,3-4H2,1H3. The Bertz CT molecular complexity index is 321. The van der Waals surface area contributed by atoms with Crippen molar-refractivity contribution < 1.29 is 5.11 Å². The van der Waals surface area contributed by atoms with Crippen LogP contribution in [0.1, 0.15) is 6.92 Å². The van der Waals surface area contributed by atoms with Crippen molar-refractivity contribution in [1.29, 1.82) is 0 Å². The molecule has 0 aromatic carbocycles. The van der Waals surface area contributed by atoms with Gasteiger partial charge in [-0.1, -0.05) is 11.6 Å². The average Bonchev–Trinajstić information content (AvgIpc) is 2.00. The molecule has 0 bridgehead atoms. The molecule has 4 nitrogen and oxygen atoms in total. The van der Waals surface area contributed by atoms with E-state index in [0.717, 1.165) is 5.82 Å². The molecule has 0 radical (unpaired) electrons. The van der Waals surface area contributed by atoms with E-state index in [4.69, 9.17) is 11.6 Å². The Labute approximate surface area is 81.2 Å². The van der Waals surface area contributed by atoms with Gasteiger partial charge in [0, 0.05) is 19.2 Å². The number of hydrogen-bond acceptors (Lipinski definition) is 4. The third kappa shape index (κ3) is 1.73. The Morgan fingerprint density at radius 1 is 1.54 bits per heavy atom. The van der Waals surface area contributed by atoms with Crippen LogP contribution in [0.5, 0.6) is 0 Å². The maximum Gasteiger partial charge on any atom is 0.134 e. The summed E-state index contributed by atoms with van der Waals surface area (Å²) < 4.78 is 0. The molecule has 1 aliphatic rings. The molecule has 1 fully saturated rings. The van der Waals surface area contributed by atoms with E-state index in [1.165, 1.54) is 6.33 Å². The third-order valence-corrected chi connectivity index (χ3v) is 2.21. The normalized spacial score (nSPS) is 19.8. The lowest BCUT2D eigenvalue weighted by Crippen LogP contribution is -2.60. The van der Waals surface area contributed by atoms with E-state index in [-0.39, 0.29) is 0 Å². The summed E-state index contributed by atoms with van der Waals surface area (Å²) >= 11 is 5.70. The van der Waals surface area contributed by atoms with E-state index in [0.29, 0.717) is 18.2 Å². The first-order valence-corrected chi connectivity index (χ1v) is 4.39. The Morgan fingerprint density at radius 3 is 2.77 bits per heavy atom. The maximum atomic E-state index is 9.50. The molecule has 0 spiro atoms. The molecule has 2 rings (SSSR count). The van der Waals surface area contributed by atoms with Crippen molar-refractivity contribution in [2.75, 3.05) is 18.0 Å². The molecule has 2 heterocycles. The van der Waals surface area contributed by atoms with Crippen LogP contribution >= 0.6 is 11.6 Å². The molecule has 1 aromatic rings. The van der Waals surface area contributed by atoms with Crippen LogP contribution in [0.15, 0.2) is 12.4 Å². The van der Waals surface area contributed by atoms with Gasteiger partial charge in [0.05, 0.1) is 5.60 Å². The van der Waals surface area contributed by atoms with Crippen molar-refractivity contribution in [1.82, 2.24) is 9.97 Å². The van der Waals surface area contributed by atoms with E-state index in [2.05, 4.69) is 9.97 Å². The number of hydrogen-bond donors (Lipinski definition) is 1. The van der Waals surface area contributed by atoms with Crippen molar-refractivity contribution in [3.63, 3.8) is 0 Å². The predicted octanol–water partition coefficient (Wildman–Crippen LogP) is 0.701. The zero-order valence-corrected chi connectivity index (χ0v) is 7.99. The molecule has 1 saturated heterocycles. The molecular formula is C8H10ClN3O. The van der Waals surface area contributed by atoms with Crippen LogP contribution in [0.25, 0.3) is 0 Å². The Kier molecular flexibility index (Phi) is 1.89.